The van der Waals surface area contributed by atoms with E-state index in [1.54, 1.807) is 20.8 Å². The zero-order valence-corrected chi connectivity index (χ0v) is 11.9. The number of ether oxygens (including phenoxy) is 1. The van der Waals surface area contributed by atoms with E-state index in [4.69, 9.17) is 4.74 Å². The van der Waals surface area contributed by atoms with Crippen LogP contribution in [0.4, 0.5) is 8.78 Å². The Bertz CT molecular complexity index is 237. The van der Waals surface area contributed by atoms with Gasteiger partial charge in [0, 0.05) is 6.42 Å². The Morgan fingerprint density at radius 3 is 2.18 bits per heavy atom. The summed E-state index contributed by atoms with van der Waals surface area (Å²) in [6.45, 7) is 9.18. The van der Waals surface area contributed by atoms with Crippen molar-refractivity contribution >= 4 is 17.7 Å². The molecule has 0 rings (SSSR count). The number of thioether (sulfide) groups is 1. The van der Waals surface area contributed by atoms with E-state index in [9.17, 15) is 13.6 Å². The van der Waals surface area contributed by atoms with Crippen molar-refractivity contribution in [2.45, 2.75) is 58.3 Å². The Morgan fingerprint density at radius 2 is 1.82 bits per heavy atom. The molecule has 0 aromatic carbocycles. The largest absolute Gasteiger partial charge is 0.459 e. The van der Waals surface area contributed by atoms with E-state index >= 15 is 0 Å². The van der Waals surface area contributed by atoms with Crippen molar-refractivity contribution in [1.82, 2.24) is 0 Å². The third-order valence-corrected chi connectivity index (χ3v) is 3.45. The summed E-state index contributed by atoms with van der Waals surface area (Å²) in [6, 6.07) is 0. The number of hydrogen-bond acceptors (Lipinski definition) is 3. The molecule has 0 fully saturated rings. The minimum absolute atomic E-state index is 0.0764. The standard InChI is InChI=1S/C12H22F2O2S/c1-8(2)10(17-7-6-9(13)14)11(15)16-12(3,4)5/h8-10H,6-7H2,1-5H3. The van der Waals surface area contributed by atoms with Gasteiger partial charge in [0.1, 0.15) is 10.9 Å². The fourth-order valence-electron chi connectivity index (χ4n) is 1.18. The van der Waals surface area contributed by atoms with Crippen LogP contribution in [0.5, 0.6) is 0 Å². The summed E-state index contributed by atoms with van der Waals surface area (Å²) in [7, 11) is 0. The van der Waals surface area contributed by atoms with Gasteiger partial charge in [-0.2, -0.15) is 0 Å². The summed E-state index contributed by atoms with van der Waals surface area (Å²) in [5.74, 6) is 0.0408. The molecule has 0 saturated carbocycles. The smallest absolute Gasteiger partial charge is 0.319 e. The molecule has 0 radical (unpaired) electrons. The van der Waals surface area contributed by atoms with Crippen LogP contribution in [0.1, 0.15) is 41.0 Å². The van der Waals surface area contributed by atoms with Gasteiger partial charge in [-0.05, 0) is 32.4 Å². The van der Waals surface area contributed by atoms with Crippen molar-refractivity contribution in [1.29, 1.82) is 0 Å². The molecule has 5 heteroatoms. The molecule has 0 aromatic heterocycles. The maximum absolute atomic E-state index is 12.0. The predicted octanol–water partition coefficient (Wildman–Crippen LogP) is 3.74. The molecule has 102 valence electrons. The minimum atomic E-state index is -2.31. The molecule has 17 heavy (non-hydrogen) atoms. The highest BCUT2D eigenvalue weighted by Gasteiger charge is 2.28. The zero-order chi connectivity index (χ0) is 13.6. The Balaban J connectivity index is 4.28. The van der Waals surface area contributed by atoms with Gasteiger partial charge in [0.15, 0.2) is 0 Å². The number of esters is 1. The van der Waals surface area contributed by atoms with Gasteiger partial charge in [-0.25, -0.2) is 8.78 Å². The zero-order valence-electron chi connectivity index (χ0n) is 11.1. The second-order valence-corrected chi connectivity index (χ2v) is 6.50. The van der Waals surface area contributed by atoms with Crippen LogP contribution in [0, 0.1) is 5.92 Å². The van der Waals surface area contributed by atoms with Crippen LogP contribution in [-0.4, -0.2) is 29.0 Å². The van der Waals surface area contributed by atoms with Gasteiger partial charge in [0.05, 0.1) is 0 Å². The van der Waals surface area contributed by atoms with Crippen LogP contribution < -0.4 is 0 Å². The fraction of sp³-hybridized carbons (Fsp3) is 0.917. The molecule has 0 aliphatic heterocycles. The van der Waals surface area contributed by atoms with Crippen molar-refractivity contribution < 1.29 is 18.3 Å². The lowest BCUT2D eigenvalue weighted by Crippen LogP contribution is -2.33. The summed E-state index contributed by atoms with van der Waals surface area (Å²) in [5, 5.41) is -0.368. The highest BCUT2D eigenvalue weighted by Crippen LogP contribution is 2.24. The SMILES string of the molecule is CC(C)C(SCCC(F)F)C(=O)OC(C)(C)C. The van der Waals surface area contributed by atoms with Crippen LogP contribution in [0.25, 0.3) is 0 Å². The normalized spacial score (nSPS) is 14.2. The van der Waals surface area contributed by atoms with E-state index in [1.807, 2.05) is 13.8 Å². The van der Waals surface area contributed by atoms with Gasteiger partial charge >= 0.3 is 5.97 Å². The van der Waals surface area contributed by atoms with Gasteiger partial charge in [-0.1, -0.05) is 13.8 Å². The number of halogens is 2. The number of hydrogen-bond donors (Lipinski definition) is 0. The van der Waals surface area contributed by atoms with Gasteiger partial charge in [0.2, 0.25) is 6.43 Å². The molecule has 0 aliphatic carbocycles. The number of rotatable bonds is 6. The van der Waals surface area contributed by atoms with E-state index in [1.165, 1.54) is 11.8 Å². The molecule has 1 atom stereocenters. The Morgan fingerprint density at radius 1 is 1.29 bits per heavy atom. The lowest BCUT2D eigenvalue weighted by atomic mass is 10.1. The van der Waals surface area contributed by atoms with Crippen molar-refractivity contribution in [3.63, 3.8) is 0 Å². The molecule has 0 saturated heterocycles. The number of carbonyl (C=O) groups excluding carboxylic acids is 1. The summed E-state index contributed by atoms with van der Waals surface area (Å²) in [5.41, 5.74) is -0.534. The van der Waals surface area contributed by atoms with E-state index < -0.39 is 12.0 Å². The fourth-order valence-corrected chi connectivity index (χ4v) is 2.31. The first-order chi connectivity index (χ1) is 7.63. The minimum Gasteiger partial charge on any atom is -0.459 e. The summed E-state index contributed by atoms with van der Waals surface area (Å²) in [4.78, 5) is 11.8. The average molecular weight is 268 g/mol. The molecule has 0 bridgehead atoms. The predicted molar refractivity (Wildman–Crippen MR) is 67.6 cm³/mol. The third kappa shape index (κ3) is 8.41. The molecule has 0 amide bonds. The molecule has 0 heterocycles. The third-order valence-electron chi connectivity index (χ3n) is 1.88. The molecule has 1 unspecified atom stereocenters. The molecule has 0 aliphatic rings. The van der Waals surface area contributed by atoms with Crippen molar-refractivity contribution in [2.75, 3.05) is 5.75 Å². The molecule has 0 aromatic rings. The molecule has 2 nitrogen and oxygen atoms in total. The van der Waals surface area contributed by atoms with Crippen molar-refractivity contribution in [3.8, 4) is 0 Å². The van der Waals surface area contributed by atoms with Crippen LogP contribution in [0.15, 0.2) is 0 Å². The monoisotopic (exact) mass is 268 g/mol. The van der Waals surface area contributed by atoms with Gasteiger partial charge in [0.25, 0.3) is 0 Å². The summed E-state index contributed by atoms with van der Waals surface area (Å²) >= 11 is 1.25. The highest BCUT2D eigenvalue weighted by atomic mass is 32.2. The van der Waals surface area contributed by atoms with Gasteiger partial charge in [-0.15, -0.1) is 11.8 Å². The lowest BCUT2D eigenvalue weighted by Gasteiger charge is -2.25. The molecule has 0 N–H and O–H groups in total. The topological polar surface area (TPSA) is 26.3 Å². The van der Waals surface area contributed by atoms with Crippen molar-refractivity contribution in [2.24, 2.45) is 5.92 Å². The Labute approximate surface area is 106 Å². The van der Waals surface area contributed by atoms with E-state index in [2.05, 4.69) is 0 Å². The average Bonchev–Trinajstić information content (AvgIpc) is 2.07. The maximum atomic E-state index is 12.0. The van der Waals surface area contributed by atoms with E-state index in [0.717, 1.165) is 0 Å². The second kappa shape index (κ2) is 7.19. The molecular weight excluding hydrogens is 246 g/mol. The van der Waals surface area contributed by atoms with Crippen LogP contribution >= 0.6 is 11.8 Å². The van der Waals surface area contributed by atoms with E-state index in [0.29, 0.717) is 0 Å². The van der Waals surface area contributed by atoms with Gasteiger partial charge in [-0.3, -0.25) is 4.79 Å². The first-order valence-electron chi connectivity index (χ1n) is 5.76. The number of carbonyl (C=O) groups is 1. The second-order valence-electron chi connectivity index (χ2n) is 5.25. The highest BCUT2D eigenvalue weighted by molar-refractivity contribution is 8.00. The first kappa shape index (κ1) is 16.7. The molecular formula is C12H22F2O2S. The summed E-state index contributed by atoms with van der Waals surface area (Å²) in [6.07, 6.45) is -2.50. The van der Waals surface area contributed by atoms with Crippen LogP contribution in [0.3, 0.4) is 0 Å². The summed E-state index contributed by atoms with van der Waals surface area (Å²) < 4.78 is 29.3. The Kier molecular flexibility index (Phi) is 7.05. The Hall–Kier alpha value is -0.320. The van der Waals surface area contributed by atoms with Crippen LogP contribution in [0.2, 0.25) is 0 Å². The lowest BCUT2D eigenvalue weighted by molar-refractivity contribution is -0.154. The maximum Gasteiger partial charge on any atom is 0.319 e. The quantitative estimate of drug-likeness (QED) is 0.686. The molecule has 0 spiro atoms. The van der Waals surface area contributed by atoms with Crippen molar-refractivity contribution in [3.05, 3.63) is 0 Å². The number of alkyl halides is 2. The van der Waals surface area contributed by atoms with Crippen LogP contribution in [-0.2, 0) is 9.53 Å². The van der Waals surface area contributed by atoms with Gasteiger partial charge < -0.3 is 4.74 Å². The van der Waals surface area contributed by atoms with E-state index in [-0.39, 0.29) is 29.3 Å². The first-order valence-corrected chi connectivity index (χ1v) is 6.81.